The van der Waals surface area contributed by atoms with Gasteiger partial charge in [0.05, 0.1) is 6.61 Å². The number of benzene rings is 2. The summed E-state index contributed by atoms with van der Waals surface area (Å²) in [4.78, 5) is 6.69. The Morgan fingerprint density at radius 2 is 1.70 bits per heavy atom. The highest BCUT2D eigenvalue weighted by Gasteiger charge is 2.15. The van der Waals surface area contributed by atoms with Gasteiger partial charge >= 0.3 is 0 Å². The lowest BCUT2D eigenvalue weighted by molar-refractivity contribution is 0.304. The molecule has 0 unspecified atom stereocenters. The molecule has 0 spiro atoms. The molecule has 3 aromatic rings. The number of pyridine rings is 1. The van der Waals surface area contributed by atoms with Crippen molar-refractivity contribution in [1.29, 1.82) is 0 Å². The van der Waals surface area contributed by atoms with Gasteiger partial charge in [0.1, 0.15) is 11.6 Å². The van der Waals surface area contributed by atoms with Crippen molar-refractivity contribution >= 4 is 16.6 Å². The fourth-order valence-electron chi connectivity index (χ4n) is 2.89. The maximum absolute atomic E-state index is 13.2. The first-order chi connectivity index (χ1) is 11.1. The van der Waals surface area contributed by atoms with Crippen molar-refractivity contribution in [3.05, 3.63) is 60.0 Å². The smallest absolute Gasteiger partial charge is 0.136 e. The molecule has 0 saturated heterocycles. The van der Waals surface area contributed by atoms with Crippen molar-refractivity contribution in [2.45, 2.75) is 6.92 Å². The van der Waals surface area contributed by atoms with E-state index in [2.05, 4.69) is 6.07 Å². The first-order valence-electron chi connectivity index (χ1n) is 7.59. The number of halogens is 1. The molecule has 0 atom stereocenters. The van der Waals surface area contributed by atoms with Crippen molar-refractivity contribution in [2.24, 2.45) is 0 Å². The minimum Gasteiger partial charge on any atom is -0.395 e. The van der Waals surface area contributed by atoms with Gasteiger partial charge in [0.25, 0.3) is 0 Å². The molecule has 1 aromatic heterocycles. The summed E-state index contributed by atoms with van der Waals surface area (Å²) in [5, 5.41) is 11.3. The van der Waals surface area contributed by atoms with E-state index in [4.69, 9.17) is 4.98 Å². The Balaban J connectivity index is 2.26. The third-order valence-corrected chi connectivity index (χ3v) is 4.00. The Morgan fingerprint density at radius 3 is 2.35 bits per heavy atom. The van der Waals surface area contributed by atoms with Gasteiger partial charge < -0.3 is 10.0 Å². The van der Waals surface area contributed by atoms with Gasteiger partial charge in [0, 0.05) is 30.2 Å². The molecule has 1 N–H and O–H groups in total. The number of aromatic nitrogens is 1. The highest BCUT2D eigenvalue weighted by atomic mass is 19.1. The average Bonchev–Trinajstić information content (AvgIpc) is 2.55. The number of rotatable bonds is 4. The topological polar surface area (TPSA) is 36.4 Å². The summed E-state index contributed by atoms with van der Waals surface area (Å²) in [7, 11) is 1.92. The molecule has 4 heteroatoms. The number of hydrogen-bond donors (Lipinski definition) is 1. The Bertz CT molecular complexity index is 831. The third-order valence-electron chi connectivity index (χ3n) is 4.00. The van der Waals surface area contributed by atoms with Crippen LogP contribution in [-0.4, -0.2) is 30.3 Å². The zero-order valence-corrected chi connectivity index (χ0v) is 13.3. The summed E-state index contributed by atoms with van der Waals surface area (Å²) in [6.07, 6.45) is 0. The Kier molecular flexibility index (Phi) is 4.26. The average molecular weight is 310 g/mol. The Morgan fingerprint density at radius 1 is 1.04 bits per heavy atom. The molecule has 0 fully saturated rings. The van der Waals surface area contributed by atoms with E-state index in [9.17, 15) is 9.50 Å². The van der Waals surface area contributed by atoms with Gasteiger partial charge in [0.15, 0.2) is 0 Å². The fraction of sp³-hybridized carbons (Fsp3) is 0.211. The number of aliphatic hydroxyl groups excluding tert-OH is 1. The van der Waals surface area contributed by atoms with E-state index >= 15 is 0 Å². The monoisotopic (exact) mass is 310 g/mol. The summed E-state index contributed by atoms with van der Waals surface area (Å²) >= 11 is 0. The van der Waals surface area contributed by atoms with Crippen LogP contribution in [0.5, 0.6) is 0 Å². The van der Waals surface area contributed by atoms with E-state index in [1.54, 1.807) is 12.1 Å². The molecule has 3 nitrogen and oxygen atoms in total. The second kappa shape index (κ2) is 6.34. The number of fused-ring (bicyclic) bond motifs is 1. The van der Waals surface area contributed by atoms with Gasteiger partial charge in [-0.15, -0.1) is 0 Å². The van der Waals surface area contributed by atoms with E-state index in [1.807, 2.05) is 37.1 Å². The molecule has 0 amide bonds. The molecule has 0 bridgehead atoms. The minimum absolute atomic E-state index is 0.0747. The predicted molar refractivity (Wildman–Crippen MR) is 92.2 cm³/mol. The number of likely N-dealkylation sites (N-methyl/N-ethyl adjacent to an activating group) is 1. The third kappa shape index (κ3) is 2.90. The number of hydrogen-bond acceptors (Lipinski definition) is 3. The minimum atomic E-state index is -0.247. The first kappa shape index (κ1) is 15.4. The lowest BCUT2D eigenvalue weighted by atomic mass is 9.97. The Labute approximate surface area is 135 Å². The quantitative estimate of drug-likeness (QED) is 0.797. The number of aliphatic hydroxyl groups is 1. The molecule has 1 heterocycles. The van der Waals surface area contributed by atoms with E-state index in [0.29, 0.717) is 6.54 Å². The number of anilines is 1. The van der Waals surface area contributed by atoms with Gasteiger partial charge in [-0.3, -0.25) is 0 Å². The number of aryl methyl sites for hydroxylation is 1. The van der Waals surface area contributed by atoms with Gasteiger partial charge in [-0.25, -0.2) is 9.37 Å². The molecule has 3 rings (SSSR count). The largest absolute Gasteiger partial charge is 0.395 e. The van der Waals surface area contributed by atoms with Crippen molar-refractivity contribution in [3.8, 4) is 11.1 Å². The van der Waals surface area contributed by atoms with Crippen molar-refractivity contribution in [2.75, 3.05) is 25.1 Å². The molecule has 0 aliphatic carbocycles. The zero-order valence-electron chi connectivity index (χ0n) is 13.3. The second-order valence-electron chi connectivity index (χ2n) is 5.59. The van der Waals surface area contributed by atoms with Crippen LogP contribution in [-0.2, 0) is 0 Å². The highest BCUT2D eigenvalue weighted by Crippen LogP contribution is 2.35. The molecule has 0 saturated carbocycles. The van der Waals surface area contributed by atoms with Crippen LogP contribution in [0.2, 0.25) is 0 Å². The highest BCUT2D eigenvalue weighted by molar-refractivity contribution is 6.03. The van der Waals surface area contributed by atoms with Crippen molar-refractivity contribution in [1.82, 2.24) is 4.98 Å². The van der Waals surface area contributed by atoms with Crippen LogP contribution in [0.4, 0.5) is 10.2 Å². The molecule has 23 heavy (non-hydrogen) atoms. The molecule has 0 radical (unpaired) electrons. The van der Waals surface area contributed by atoms with E-state index in [0.717, 1.165) is 33.4 Å². The summed E-state index contributed by atoms with van der Waals surface area (Å²) in [6, 6.07) is 14.5. The fourth-order valence-corrected chi connectivity index (χ4v) is 2.89. The van der Waals surface area contributed by atoms with Gasteiger partial charge in [-0.2, -0.15) is 0 Å². The second-order valence-corrected chi connectivity index (χ2v) is 5.59. The van der Waals surface area contributed by atoms with Gasteiger partial charge in [-0.1, -0.05) is 36.4 Å². The van der Waals surface area contributed by atoms with Crippen LogP contribution in [0, 0.1) is 12.7 Å². The molecule has 0 aliphatic heterocycles. The van der Waals surface area contributed by atoms with Gasteiger partial charge in [-0.05, 0) is 30.0 Å². The van der Waals surface area contributed by atoms with Crippen molar-refractivity contribution < 1.29 is 9.50 Å². The zero-order chi connectivity index (χ0) is 16.4. The Hall–Kier alpha value is -2.46. The maximum atomic E-state index is 13.2. The van der Waals surface area contributed by atoms with Crippen LogP contribution >= 0.6 is 0 Å². The first-order valence-corrected chi connectivity index (χ1v) is 7.59. The van der Waals surface area contributed by atoms with Crippen molar-refractivity contribution in [3.63, 3.8) is 0 Å². The predicted octanol–water partition coefficient (Wildman–Crippen LogP) is 3.78. The normalized spacial score (nSPS) is 11.0. The summed E-state index contributed by atoms with van der Waals surface area (Å²) < 4.78 is 13.2. The lowest BCUT2D eigenvalue weighted by Gasteiger charge is -2.21. The van der Waals surface area contributed by atoms with Crippen LogP contribution in [0.15, 0.2) is 48.5 Å². The summed E-state index contributed by atoms with van der Waals surface area (Å²) in [6.45, 7) is 2.55. The standard InChI is InChI=1S/C19H19FN2O/c1-13-18(14-7-9-15(20)10-8-14)16-5-3-4-6-17(16)19(21-13)22(2)11-12-23/h3-10,23H,11-12H2,1-2H3. The van der Waals surface area contributed by atoms with Gasteiger partial charge in [0.2, 0.25) is 0 Å². The SMILES string of the molecule is Cc1nc(N(C)CCO)c2ccccc2c1-c1ccc(F)cc1. The maximum Gasteiger partial charge on any atom is 0.136 e. The lowest BCUT2D eigenvalue weighted by Crippen LogP contribution is -2.22. The number of nitrogens with zero attached hydrogens (tertiary/aromatic N) is 2. The van der Waals surface area contributed by atoms with Crippen LogP contribution < -0.4 is 4.90 Å². The van der Waals surface area contributed by atoms with E-state index < -0.39 is 0 Å². The summed E-state index contributed by atoms with van der Waals surface area (Å²) in [5.41, 5.74) is 2.85. The summed E-state index contributed by atoms with van der Waals surface area (Å²) in [5.74, 6) is 0.598. The van der Waals surface area contributed by atoms with E-state index in [1.165, 1.54) is 12.1 Å². The molecule has 2 aromatic carbocycles. The molecular formula is C19H19FN2O. The van der Waals surface area contributed by atoms with Crippen LogP contribution in [0.1, 0.15) is 5.69 Å². The molecule has 0 aliphatic rings. The molecular weight excluding hydrogens is 291 g/mol. The van der Waals surface area contributed by atoms with Crippen LogP contribution in [0.25, 0.3) is 21.9 Å². The van der Waals surface area contributed by atoms with Crippen LogP contribution in [0.3, 0.4) is 0 Å². The molecule has 118 valence electrons. The van der Waals surface area contributed by atoms with E-state index in [-0.39, 0.29) is 12.4 Å².